The van der Waals surface area contributed by atoms with Crippen LogP contribution >= 0.6 is 7.82 Å². The molecule has 0 aromatic rings. The van der Waals surface area contributed by atoms with Gasteiger partial charge in [0.2, 0.25) is 0 Å². The molecule has 0 spiro atoms. The molecule has 1 atom stereocenters. The van der Waals surface area contributed by atoms with Crippen LogP contribution in [-0.4, -0.2) is 24.1 Å². The van der Waals surface area contributed by atoms with E-state index < -0.39 is 20.4 Å². The zero-order valence-corrected chi connectivity index (χ0v) is 11.0. The summed E-state index contributed by atoms with van der Waals surface area (Å²) in [5.41, 5.74) is 0.203. The van der Waals surface area contributed by atoms with Gasteiger partial charge in [-0.15, -0.1) is 0 Å². The van der Waals surface area contributed by atoms with Crippen LogP contribution in [-0.2, 0) is 18.6 Å². The number of carbonyl (C=O) groups excluding carboxylic acids is 1. The molecular weight excluding hydrogens is 222 g/mol. The van der Waals surface area contributed by atoms with E-state index in [0.29, 0.717) is 0 Å². The summed E-state index contributed by atoms with van der Waals surface area (Å²) in [6.45, 7) is 4.10. The van der Waals surface area contributed by atoms with Crippen molar-refractivity contribution in [3.05, 3.63) is 12.2 Å². The molecule has 0 aromatic heterocycles. The zero-order valence-electron chi connectivity index (χ0n) is 8.06. The molecule has 0 aromatic carbocycles. The van der Waals surface area contributed by atoms with Crippen molar-refractivity contribution in [3.63, 3.8) is 0 Å². The van der Waals surface area contributed by atoms with Gasteiger partial charge >= 0.3 is 35.5 Å². The molecule has 0 bridgehead atoms. The van der Waals surface area contributed by atoms with Crippen molar-refractivity contribution in [2.24, 2.45) is 0 Å². The fraction of sp³-hybridized carbons (Fsp3) is 0.500. The van der Waals surface area contributed by atoms with Crippen LogP contribution in [0.15, 0.2) is 12.2 Å². The van der Waals surface area contributed by atoms with Gasteiger partial charge in [0.15, 0.2) is 0 Å². The first-order chi connectivity index (χ1) is 5.83. The minimum Gasteiger partial charge on any atom is -0.756 e. The Bertz CT molecular complexity index is 247. The third-order valence-electron chi connectivity index (χ3n) is 0.919. The van der Waals surface area contributed by atoms with Crippen LogP contribution in [0.2, 0.25) is 0 Å². The molecule has 1 N–H and O–H groups in total. The fourth-order valence-corrected chi connectivity index (χ4v) is 0.715. The molecule has 0 aliphatic rings. The number of phosphoric ester groups is 1. The van der Waals surface area contributed by atoms with E-state index >= 15 is 0 Å². The molecule has 0 saturated carbocycles. The quantitative estimate of drug-likeness (QED) is 0.174. The first-order valence-corrected chi connectivity index (χ1v) is 4.83. The number of phosphoric acid groups is 1. The predicted molar refractivity (Wildman–Crippen MR) is 41.6 cm³/mol. The van der Waals surface area contributed by atoms with Gasteiger partial charge in [-0.2, -0.15) is 0 Å². The number of ether oxygens (including phenoxy) is 1. The average molecular weight is 232 g/mol. The minimum atomic E-state index is -4.71. The van der Waals surface area contributed by atoms with E-state index in [0.717, 1.165) is 0 Å². The second-order valence-electron chi connectivity index (χ2n) is 2.22. The van der Waals surface area contributed by atoms with Gasteiger partial charge in [0.25, 0.3) is 7.82 Å². The third-order valence-corrected chi connectivity index (χ3v) is 1.43. The summed E-state index contributed by atoms with van der Waals surface area (Å²) in [6, 6.07) is 0. The zero-order chi connectivity index (χ0) is 10.5. The Morgan fingerprint density at radius 2 is 2.07 bits per heavy atom. The van der Waals surface area contributed by atoms with Crippen LogP contribution in [0.4, 0.5) is 0 Å². The Morgan fingerprint density at radius 3 is 2.43 bits per heavy atom. The SMILES string of the molecule is C=C(C)C(=O)OCCOP(=O)([O-])O.[Na+]. The molecule has 0 fully saturated rings. The Balaban J connectivity index is 0. The molecule has 1 unspecified atom stereocenters. The van der Waals surface area contributed by atoms with Crippen LogP contribution < -0.4 is 34.5 Å². The smallest absolute Gasteiger partial charge is 0.756 e. The summed E-state index contributed by atoms with van der Waals surface area (Å²) in [7, 11) is -4.71. The van der Waals surface area contributed by atoms with Crippen LogP contribution in [0.3, 0.4) is 0 Å². The number of rotatable bonds is 5. The second-order valence-corrected chi connectivity index (χ2v) is 3.41. The van der Waals surface area contributed by atoms with Crippen molar-refractivity contribution in [1.29, 1.82) is 0 Å². The molecule has 8 heteroatoms. The Kier molecular flexibility index (Phi) is 9.08. The van der Waals surface area contributed by atoms with Crippen LogP contribution in [0.5, 0.6) is 0 Å². The normalized spacial score (nSPS) is 13.6. The molecule has 0 rings (SSSR count). The summed E-state index contributed by atoms with van der Waals surface area (Å²) in [5, 5.41) is 0. The largest absolute Gasteiger partial charge is 1.00 e. The number of hydrogen-bond donors (Lipinski definition) is 1. The topological polar surface area (TPSA) is 95.9 Å². The molecular formula is C6H10NaO6P. The molecule has 0 aliphatic heterocycles. The van der Waals surface area contributed by atoms with E-state index in [1.165, 1.54) is 6.92 Å². The van der Waals surface area contributed by atoms with Crippen LogP contribution in [0, 0.1) is 0 Å². The molecule has 0 amide bonds. The number of carbonyl (C=O) groups is 1. The minimum absolute atomic E-state index is 0. The Morgan fingerprint density at radius 1 is 1.57 bits per heavy atom. The summed E-state index contributed by atoms with van der Waals surface area (Å²) >= 11 is 0. The number of hydrogen-bond acceptors (Lipinski definition) is 5. The summed E-state index contributed by atoms with van der Waals surface area (Å²) in [4.78, 5) is 28.8. The predicted octanol–water partition coefficient (Wildman–Crippen LogP) is -3.41. The maximum atomic E-state index is 10.7. The van der Waals surface area contributed by atoms with Crippen molar-refractivity contribution in [2.75, 3.05) is 13.2 Å². The molecule has 0 radical (unpaired) electrons. The van der Waals surface area contributed by atoms with Gasteiger partial charge in [-0.3, -0.25) is 4.57 Å². The Hall–Kier alpha value is 0.320. The first-order valence-electron chi connectivity index (χ1n) is 3.34. The van der Waals surface area contributed by atoms with Gasteiger partial charge in [0.1, 0.15) is 6.61 Å². The molecule has 0 heterocycles. The van der Waals surface area contributed by atoms with E-state index in [2.05, 4.69) is 15.8 Å². The van der Waals surface area contributed by atoms with Gasteiger partial charge in [-0.05, 0) is 6.92 Å². The van der Waals surface area contributed by atoms with E-state index in [9.17, 15) is 14.3 Å². The van der Waals surface area contributed by atoms with Gasteiger partial charge in [-0.25, -0.2) is 4.79 Å². The summed E-state index contributed by atoms with van der Waals surface area (Å²) in [6.07, 6.45) is 0. The summed E-state index contributed by atoms with van der Waals surface area (Å²) in [5.74, 6) is -0.637. The van der Waals surface area contributed by atoms with E-state index in [1.807, 2.05) is 0 Å². The monoisotopic (exact) mass is 232 g/mol. The van der Waals surface area contributed by atoms with Crippen LogP contribution in [0.25, 0.3) is 0 Å². The van der Waals surface area contributed by atoms with Gasteiger partial charge < -0.3 is 19.0 Å². The Labute approximate surface area is 104 Å². The van der Waals surface area contributed by atoms with Gasteiger partial charge in [0, 0.05) is 5.57 Å². The third kappa shape index (κ3) is 10.4. The van der Waals surface area contributed by atoms with Crippen molar-refractivity contribution in [3.8, 4) is 0 Å². The van der Waals surface area contributed by atoms with Crippen molar-refractivity contribution >= 4 is 13.8 Å². The van der Waals surface area contributed by atoms with E-state index in [4.69, 9.17) is 4.89 Å². The first kappa shape index (κ1) is 16.7. The second kappa shape index (κ2) is 7.59. The summed E-state index contributed by atoms with van der Waals surface area (Å²) < 4.78 is 18.4. The fourth-order valence-electron chi connectivity index (χ4n) is 0.410. The molecule has 6 nitrogen and oxygen atoms in total. The number of esters is 1. The van der Waals surface area contributed by atoms with E-state index in [-0.39, 0.29) is 41.7 Å². The standard InChI is InChI=1S/C6H11O6P.Na/c1-5(2)6(7)11-3-4-12-13(8,9)10;/h1,3-4H2,2H3,(H2,8,9,10);/q;+1/p-1. The van der Waals surface area contributed by atoms with Crippen molar-refractivity contribution in [2.45, 2.75) is 6.92 Å². The van der Waals surface area contributed by atoms with Gasteiger partial charge in [0.05, 0.1) is 6.61 Å². The maximum Gasteiger partial charge on any atom is 1.00 e. The molecule has 0 aliphatic carbocycles. The van der Waals surface area contributed by atoms with Crippen molar-refractivity contribution in [1.82, 2.24) is 0 Å². The maximum absolute atomic E-state index is 10.7. The van der Waals surface area contributed by atoms with Crippen molar-refractivity contribution < 1.29 is 58.0 Å². The molecule has 0 saturated heterocycles. The average Bonchev–Trinajstić information content (AvgIpc) is 1.95. The molecule has 76 valence electrons. The van der Waals surface area contributed by atoms with Crippen LogP contribution in [0.1, 0.15) is 6.92 Å². The van der Waals surface area contributed by atoms with Gasteiger partial charge in [-0.1, -0.05) is 6.58 Å². The molecule has 14 heavy (non-hydrogen) atoms. The van der Waals surface area contributed by atoms with E-state index in [1.54, 1.807) is 0 Å².